The van der Waals surface area contributed by atoms with Crippen LogP contribution in [0.4, 0.5) is 15.9 Å². The molecular formula is C14H12BrClFN3O. The minimum absolute atomic E-state index is 0.0559. The molecule has 1 heterocycles. The zero-order chi connectivity index (χ0) is 15.4. The summed E-state index contributed by atoms with van der Waals surface area (Å²) in [6, 6.07) is 6.24. The molecule has 0 aliphatic rings. The maximum absolute atomic E-state index is 14.2. The molecule has 1 aromatic carbocycles. The van der Waals surface area contributed by atoms with E-state index in [2.05, 4.69) is 31.5 Å². The third-order valence-electron chi connectivity index (χ3n) is 2.66. The van der Waals surface area contributed by atoms with Gasteiger partial charge in [-0.15, -0.1) is 0 Å². The van der Waals surface area contributed by atoms with Gasteiger partial charge in [0.25, 0.3) is 5.91 Å². The van der Waals surface area contributed by atoms with Gasteiger partial charge in [-0.3, -0.25) is 4.79 Å². The maximum atomic E-state index is 14.2. The Labute approximate surface area is 134 Å². The highest BCUT2D eigenvalue weighted by molar-refractivity contribution is 9.10. The number of aromatic nitrogens is 1. The normalized spacial score (nSPS) is 10.3. The second-order valence-electron chi connectivity index (χ2n) is 4.13. The number of amides is 1. The third kappa shape index (κ3) is 3.71. The average molecular weight is 373 g/mol. The van der Waals surface area contributed by atoms with E-state index in [1.54, 1.807) is 18.2 Å². The molecule has 0 radical (unpaired) electrons. The maximum Gasteiger partial charge on any atom is 0.258 e. The molecule has 0 fully saturated rings. The van der Waals surface area contributed by atoms with E-state index in [4.69, 9.17) is 11.6 Å². The van der Waals surface area contributed by atoms with Crippen molar-refractivity contribution in [3.8, 4) is 0 Å². The topological polar surface area (TPSA) is 54.0 Å². The fourth-order valence-corrected chi connectivity index (χ4v) is 2.47. The molecule has 4 nitrogen and oxygen atoms in total. The highest BCUT2D eigenvalue weighted by Gasteiger charge is 2.16. The first-order chi connectivity index (χ1) is 10.0. The number of nitrogens with zero attached hydrogens (tertiary/aromatic N) is 1. The van der Waals surface area contributed by atoms with Gasteiger partial charge in [-0.25, -0.2) is 9.37 Å². The Kier molecular flexibility index (Phi) is 5.14. The minimum Gasteiger partial charge on any atom is -0.368 e. The molecule has 2 aromatic rings. The van der Waals surface area contributed by atoms with Crippen molar-refractivity contribution >= 4 is 44.9 Å². The van der Waals surface area contributed by atoms with Crippen molar-refractivity contribution in [1.82, 2.24) is 4.98 Å². The largest absolute Gasteiger partial charge is 0.368 e. The van der Waals surface area contributed by atoms with Gasteiger partial charge in [-0.2, -0.15) is 0 Å². The summed E-state index contributed by atoms with van der Waals surface area (Å²) in [5, 5.41) is 5.92. The number of hydrogen-bond acceptors (Lipinski definition) is 3. The van der Waals surface area contributed by atoms with Crippen molar-refractivity contribution in [2.75, 3.05) is 17.2 Å². The third-order valence-corrected chi connectivity index (χ3v) is 3.55. The molecule has 0 saturated carbocycles. The summed E-state index contributed by atoms with van der Waals surface area (Å²) < 4.78 is 14.8. The van der Waals surface area contributed by atoms with Gasteiger partial charge in [0.15, 0.2) is 11.6 Å². The summed E-state index contributed by atoms with van der Waals surface area (Å²) in [6.45, 7) is 2.33. The summed E-state index contributed by atoms with van der Waals surface area (Å²) in [5.41, 5.74) is 0.424. The van der Waals surface area contributed by atoms with Crippen LogP contribution in [0, 0.1) is 5.82 Å². The van der Waals surface area contributed by atoms with Gasteiger partial charge in [0.1, 0.15) is 0 Å². The van der Waals surface area contributed by atoms with Gasteiger partial charge < -0.3 is 10.6 Å². The number of anilines is 2. The Morgan fingerprint density at radius 3 is 2.86 bits per heavy atom. The van der Waals surface area contributed by atoms with Gasteiger partial charge in [-0.05, 0) is 47.1 Å². The summed E-state index contributed by atoms with van der Waals surface area (Å²) in [6.07, 6.45) is 1.38. The zero-order valence-electron chi connectivity index (χ0n) is 11.1. The van der Waals surface area contributed by atoms with Crippen molar-refractivity contribution in [1.29, 1.82) is 0 Å². The van der Waals surface area contributed by atoms with Gasteiger partial charge in [0, 0.05) is 22.2 Å². The number of pyridine rings is 1. The molecular weight excluding hydrogens is 361 g/mol. The lowest BCUT2D eigenvalue weighted by Crippen LogP contribution is -2.16. The quantitative estimate of drug-likeness (QED) is 0.840. The highest BCUT2D eigenvalue weighted by Crippen LogP contribution is 2.26. The molecule has 7 heteroatoms. The van der Waals surface area contributed by atoms with E-state index in [1.165, 1.54) is 12.3 Å². The molecule has 0 saturated heterocycles. The van der Waals surface area contributed by atoms with Crippen LogP contribution in [0.15, 0.2) is 34.9 Å². The van der Waals surface area contributed by atoms with Crippen LogP contribution < -0.4 is 10.6 Å². The fourth-order valence-electron chi connectivity index (χ4n) is 1.69. The van der Waals surface area contributed by atoms with E-state index in [9.17, 15) is 9.18 Å². The molecule has 2 rings (SSSR count). The second-order valence-corrected chi connectivity index (χ2v) is 5.42. The Bertz CT molecular complexity index is 681. The Morgan fingerprint density at radius 1 is 1.43 bits per heavy atom. The second kappa shape index (κ2) is 6.87. The van der Waals surface area contributed by atoms with Crippen molar-refractivity contribution < 1.29 is 9.18 Å². The van der Waals surface area contributed by atoms with Crippen LogP contribution in [0.2, 0.25) is 5.02 Å². The summed E-state index contributed by atoms with van der Waals surface area (Å²) in [4.78, 5) is 16.0. The zero-order valence-corrected chi connectivity index (χ0v) is 13.4. The van der Waals surface area contributed by atoms with Gasteiger partial charge in [-0.1, -0.05) is 11.6 Å². The van der Waals surface area contributed by atoms with Crippen molar-refractivity contribution in [2.24, 2.45) is 0 Å². The predicted octanol–water partition coefficient (Wildman–Crippen LogP) is 4.32. The molecule has 0 unspecified atom stereocenters. The lowest BCUT2D eigenvalue weighted by atomic mass is 10.2. The van der Waals surface area contributed by atoms with E-state index in [0.29, 0.717) is 21.7 Å². The molecule has 110 valence electrons. The number of rotatable bonds is 4. The van der Waals surface area contributed by atoms with Crippen LogP contribution in [-0.2, 0) is 0 Å². The minimum atomic E-state index is -0.679. The van der Waals surface area contributed by atoms with E-state index in [-0.39, 0.29) is 11.4 Å². The number of nitrogens with one attached hydrogen (secondary N) is 2. The number of hydrogen-bond donors (Lipinski definition) is 2. The number of halogens is 3. The number of carbonyl (C=O) groups is 1. The van der Waals surface area contributed by atoms with Crippen LogP contribution in [-0.4, -0.2) is 17.4 Å². The van der Waals surface area contributed by atoms with Crippen molar-refractivity contribution in [2.45, 2.75) is 6.92 Å². The van der Waals surface area contributed by atoms with Crippen molar-refractivity contribution in [3.63, 3.8) is 0 Å². The van der Waals surface area contributed by atoms with Crippen LogP contribution >= 0.6 is 27.5 Å². The van der Waals surface area contributed by atoms with Crippen molar-refractivity contribution in [3.05, 3.63) is 51.3 Å². The lowest BCUT2D eigenvalue weighted by molar-refractivity contribution is 0.102. The van der Waals surface area contributed by atoms with Crippen LogP contribution in [0.3, 0.4) is 0 Å². The number of carbonyl (C=O) groups excluding carboxylic acids is 1. The molecule has 0 atom stereocenters. The van der Waals surface area contributed by atoms with Gasteiger partial charge in [0.2, 0.25) is 0 Å². The standard InChI is InChI=1S/C14H12BrClFN3O/c1-2-18-13-12(17)9(5-6-19-13)14(21)20-11-4-3-8(16)7-10(11)15/h3-7H,2H2,1H3,(H,18,19)(H,20,21). The molecule has 0 spiro atoms. The van der Waals surface area contributed by atoms with Crippen LogP contribution in [0.25, 0.3) is 0 Å². The Morgan fingerprint density at radius 2 is 2.19 bits per heavy atom. The Hall–Kier alpha value is -1.66. The summed E-state index contributed by atoms with van der Waals surface area (Å²) in [7, 11) is 0. The van der Waals surface area contributed by atoms with E-state index in [0.717, 1.165) is 0 Å². The first-order valence-electron chi connectivity index (χ1n) is 6.17. The Balaban J connectivity index is 2.26. The molecule has 1 amide bonds. The molecule has 21 heavy (non-hydrogen) atoms. The van der Waals surface area contributed by atoms with E-state index >= 15 is 0 Å². The molecule has 0 aliphatic heterocycles. The first kappa shape index (κ1) is 15.7. The summed E-state index contributed by atoms with van der Waals surface area (Å²) in [5.74, 6) is -1.18. The summed E-state index contributed by atoms with van der Waals surface area (Å²) >= 11 is 9.12. The SMILES string of the molecule is CCNc1nccc(C(=O)Nc2ccc(Cl)cc2Br)c1F. The van der Waals surface area contributed by atoms with Crippen LogP contribution in [0.1, 0.15) is 17.3 Å². The average Bonchev–Trinajstić information content (AvgIpc) is 2.44. The van der Waals surface area contributed by atoms with Gasteiger partial charge >= 0.3 is 0 Å². The van der Waals surface area contributed by atoms with Gasteiger partial charge in [0.05, 0.1) is 11.3 Å². The predicted molar refractivity (Wildman–Crippen MR) is 85.5 cm³/mol. The molecule has 1 aromatic heterocycles. The van der Waals surface area contributed by atoms with Crippen LogP contribution in [0.5, 0.6) is 0 Å². The molecule has 0 bridgehead atoms. The number of benzene rings is 1. The lowest BCUT2D eigenvalue weighted by Gasteiger charge is -2.10. The smallest absolute Gasteiger partial charge is 0.258 e. The fraction of sp³-hybridized carbons (Fsp3) is 0.143. The highest BCUT2D eigenvalue weighted by atomic mass is 79.9. The van der Waals surface area contributed by atoms with E-state index < -0.39 is 11.7 Å². The molecule has 0 aliphatic carbocycles. The first-order valence-corrected chi connectivity index (χ1v) is 7.34. The molecule has 2 N–H and O–H groups in total. The van der Waals surface area contributed by atoms with E-state index in [1.807, 2.05) is 6.92 Å². The monoisotopic (exact) mass is 371 g/mol.